The van der Waals surface area contributed by atoms with Crippen LogP contribution in [0.4, 0.5) is 0 Å². The molecular formula is C12H21NOS. The molecule has 2 nitrogen and oxygen atoms in total. The molecule has 15 heavy (non-hydrogen) atoms. The summed E-state index contributed by atoms with van der Waals surface area (Å²) in [5.41, 5.74) is 0. The van der Waals surface area contributed by atoms with Gasteiger partial charge in [-0.1, -0.05) is 20.8 Å². The van der Waals surface area contributed by atoms with Gasteiger partial charge in [0, 0.05) is 6.04 Å². The van der Waals surface area contributed by atoms with Gasteiger partial charge in [-0.3, -0.25) is 0 Å². The van der Waals surface area contributed by atoms with E-state index in [1.54, 1.807) is 0 Å². The van der Waals surface area contributed by atoms with Gasteiger partial charge in [0.25, 0.3) is 0 Å². The number of nitrogens with one attached hydrogen (secondary N) is 1. The lowest BCUT2D eigenvalue weighted by molar-refractivity contribution is 0.445. The van der Waals surface area contributed by atoms with E-state index in [9.17, 15) is 0 Å². The Morgan fingerprint density at radius 2 is 2.07 bits per heavy atom. The average molecular weight is 227 g/mol. The van der Waals surface area contributed by atoms with E-state index in [0.29, 0.717) is 6.04 Å². The topological polar surface area (TPSA) is 25.2 Å². The average Bonchev–Trinajstić information content (AvgIpc) is 2.63. The molecule has 0 bridgehead atoms. The summed E-state index contributed by atoms with van der Waals surface area (Å²) in [5.74, 6) is 4.33. The van der Waals surface area contributed by atoms with Gasteiger partial charge in [-0.25, -0.2) is 0 Å². The van der Waals surface area contributed by atoms with Crippen LogP contribution in [0.5, 0.6) is 0 Å². The van der Waals surface area contributed by atoms with Gasteiger partial charge >= 0.3 is 0 Å². The van der Waals surface area contributed by atoms with Gasteiger partial charge < -0.3 is 9.73 Å². The fourth-order valence-electron chi connectivity index (χ4n) is 1.22. The van der Waals surface area contributed by atoms with E-state index >= 15 is 0 Å². The van der Waals surface area contributed by atoms with Crippen molar-refractivity contribution in [2.24, 2.45) is 0 Å². The Kier molecular flexibility index (Phi) is 5.88. The zero-order chi connectivity index (χ0) is 11.1. The van der Waals surface area contributed by atoms with Crippen LogP contribution in [0.3, 0.4) is 0 Å². The molecule has 3 heteroatoms. The standard InChI is InChI=1S/C12H21NOS/c1-4-7-15-9-12-6-5-11(14-12)8-13-10(2)3/h5-6,10,13H,4,7-9H2,1-3H3. The molecule has 0 aromatic carbocycles. The molecule has 0 aliphatic heterocycles. The zero-order valence-electron chi connectivity index (χ0n) is 9.88. The van der Waals surface area contributed by atoms with Crippen molar-refractivity contribution in [3.05, 3.63) is 23.7 Å². The Bertz CT molecular complexity index is 270. The smallest absolute Gasteiger partial charge is 0.118 e. The first-order chi connectivity index (χ1) is 7.22. The van der Waals surface area contributed by atoms with Crippen LogP contribution in [-0.4, -0.2) is 11.8 Å². The fourth-order valence-corrected chi connectivity index (χ4v) is 2.01. The van der Waals surface area contributed by atoms with Gasteiger partial charge in [0.05, 0.1) is 12.3 Å². The van der Waals surface area contributed by atoms with E-state index in [4.69, 9.17) is 4.42 Å². The second-order valence-corrected chi connectivity index (χ2v) is 5.06. The molecule has 0 spiro atoms. The molecule has 0 aliphatic carbocycles. The molecule has 1 rings (SSSR count). The summed E-state index contributed by atoms with van der Waals surface area (Å²) in [6.07, 6.45) is 1.23. The predicted octanol–water partition coefficient (Wildman–Crippen LogP) is 3.42. The maximum atomic E-state index is 5.70. The van der Waals surface area contributed by atoms with Crippen molar-refractivity contribution < 1.29 is 4.42 Å². The summed E-state index contributed by atoms with van der Waals surface area (Å²) in [5, 5.41) is 3.34. The largest absolute Gasteiger partial charge is 0.464 e. The third kappa shape index (κ3) is 5.28. The zero-order valence-corrected chi connectivity index (χ0v) is 10.7. The Labute approximate surface area is 96.8 Å². The maximum absolute atomic E-state index is 5.70. The van der Waals surface area contributed by atoms with Gasteiger partial charge in [-0.2, -0.15) is 11.8 Å². The molecular weight excluding hydrogens is 206 g/mol. The van der Waals surface area contributed by atoms with Crippen molar-refractivity contribution in [3.8, 4) is 0 Å². The number of hydrogen-bond donors (Lipinski definition) is 1. The monoisotopic (exact) mass is 227 g/mol. The van der Waals surface area contributed by atoms with Crippen molar-refractivity contribution in [1.29, 1.82) is 0 Å². The second kappa shape index (κ2) is 6.96. The predicted molar refractivity (Wildman–Crippen MR) is 67.1 cm³/mol. The van der Waals surface area contributed by atoms with Gasteiger partial charge in [-0.05, 0) is 24.3 Å². The quantitative estimate of drug-likeness (QED) is 0.723. The summed E-state index contributed by atoms with van der Waals surface area (Å²) in [7, 11) is 0. The number of thioether (sulfide) groups is 1. The van der Waals surface area contributed by atoms with Gasteiger partial charge in [0.15, 0.2) is 0 Å². The molecule has 0 amide bonds. The van der Waals surface area contributed by atoms with Crippen molar-refractivity contribution in [2.75, 3.05) is 5.75 Å². The van der Waals surface area contributed by atoms with Crippen LogP contribution >= 0.6 is 11.8 Å². The number of hydrogen-bond acceptors (Lipinski definition) is 3. The molecule has 0 radical (unpaired) electrons. The van der Waals surface area contributed by atoms with Crippen LogP contribution < -0.4 is 5.32 Å². The van der Waals surface area contributed by atoms with Crippen LogP contribution in [0.2, 0.25) is 0 Å². The summed E-state index contributed by atoms with van der Waals surface area (Å²) >= 11 is 1.93. The minimum atomic E-state index is 0.507. The second-order valence-electron chi connectivity index (χ2n) is 3.96. The van der Waals surface area contributed by atoms with Crippen molar-refractivity contribution in [1.82, 2.24) is 5.32 Å². The first-order valence-corrected chi connectivity index (χ1v) is 6.76. The Hall–Kier alpha value is -0.410. The van der Waals surface area contributed by atoms with E-state index in [-0.39, 0.29) is 0 Å². The summed E-state index contributed by atoms with van der Waals surface area (Å²) in [6.45, 7) is 7.31. The molecule has 1 aromatic rings. The summed E-state index contributed by atoms with van der Waals surface area (Å²) < 4.78 is 5.70. The minimum Gasteiger partial charge on any atom is -0.464 e. The summed E-state index contributed by atoms with van der Waals surface area (Å²) in [6, 6.07) is 4.66. The number of rotatable bonds is 7. The Morgan fingerprint density at radius 3 is 2.73 bits per heavy atom. The normalized spacial score (nSPS) is 11.2. The van der Waals surface area contributed by atoms with Crippen molar-refractivity contribution in [2.45, 2.75) is 45.5 Å². The van der Waals surface area contributed by atoms with E-state index in [2.05, 4.69) is 38.2 Å². The van der Waals surface area contributed by atoms with Crippen LogP contribution in [0.25, 0.3) is 0 Å². The lowest BCUT2D eigenvalue weighted by Gasteiger charge is -2.04. The highest BCUT2D eigenvalue weighted by Gasteiger charge is 2.02. The molecule has 0 aliphatic rings. The van der Waals surface area contributed by atoms with E-state index in [1.165, 1.54) is 12.2 Å². The lowest BCUT2D eigenvalue weighted by atomic mass is 10.3. The van der Waals surface area contributed by atoms with Crippen LogP contribution in [-0.2, 0) is 12.3 Å². The fraction of sp³-hybridized carbons (Fsp3) is 0.667. The molecule has 1 heterocycles. The lowest BCUT2D eigenvalue weighted by Crippen LogP contribution is -2.21. The molecule has 0 fully saturated rings. The third-order valence-corrected chi connectivity index (χ3v) is 3.18. The van der Waals surface area contributed by atoms with E-state index in [0.717, 1.165) is 23.8 Å². The van der Waals surface area contributed by atoms with Crippen LogP contribution in [0.1, 0.15) is 38.7 Å². The highest BCUT2D eigenvalue weighted by molar-refractivity contribution is 7.98. The van der Waals surface area contributed by atoms with Crippen LogP contribution in [0.15, 0.2) is 16.5 Å². The third-order valence-electron chi connectivity index (χ3n) is 1.99. The number of furan rings is 1. The molecule has 0 saturated carbocycles. The minimum absolute atomic E-state index is 0.507. The van der Waals surface area contributed by atoms with Crippen molar-refractivity contribution >= 4 is 11.8 Å². The van der Waals surface area contributed by atoms with Gasteiger partial charge in [0.1, 0.15) is 11.5 Å². The molecule has 86 valence electrons. The highest BCUT2D eigenvalue weighted by Crippen LogP contribution is 2.16. The molecule has 0 unspecified atom stereocenters. The Morgan fingerprint density at radius 1 is 1.33 bits per heavy atom. The SMILES string of the molecule is CCCSCc1ccc(CNC(C)C)o1. The van der Waals surface area contributed by atoms with Crippen LogP contribution in [0, 0.1) is 0 Å². The molecule has 0 atom stereocenters. The van der Waals surface area contributed by atoms with E-state index < -0.39 is 0 Å². The van der Waals surface area contributed by atoms with Gasteiger partial charge in [0.2, 0.25) is 0 Å². The van der Waals surface area contributed by atoms with E-state index in [1.807, 2.05) is 11.8 Å². The summed E-state index contributed by atoms with van der Waals surface area (Å²) in [4.78, 5) is 0. The Balaban J connectivity index is 2.29. The first-order valence-electron chi connectivity index (χ1n) is 5.61. The first kappa shape index (κ1) is 12.7. The molecule has 1 aromatic heterocycles. The van der Waals surface area contributed by atoms with Crippen molar-refractivity contribution in [3.63, 3.8) is 0 Å². The van der Waals surface area contributed by atoms with Gasteiger partial charge in [-0.15, -0.1) is 0 Å². The maximum Gasteiger partial charge on any atom is 0.118 e. The molecule has 0 saturated heterocycles. The highest BCUT2D eigenvalue weighted by atomic mass is 32.2. The molecule has 1 N–H and O–H groups in total.